The Hall–Kier alpha value is -2.37. The zero-order valence-corrected chi connectivity index (χ0v) is 9.38. The fourth-order valence-electron chi connectivity index (χ4n) is 1.52. The van der Waals surface area contributed by atoms with Crippen LogP contribution in [0.2, 0.25) is 0 Å². The molecule has 2 aromatic rings. The van der Waals surface area contributed by atoms with Gasteiger partial charge >= 0.3 is 0 Å². The van der Waals surface area contributed by atoms with Gasteiger partial charge in [-0.2, -0.15) is 0 Å². The maximum Gasteiger partial charge on any atom is 0.194 e. The van der Waals surface area contributed by atoms with Gasteiger partial charge in [-0.15, -0.1) is 0 Å². The molecule has 98 valence electrons. The zero-order valence-electron chi connectivity index (χ0n) is 9.38. The maximum absolute atomic E-state index is 13.2. The lowest BCUT2D eigenvalue weighted by Gasteiger charge is -2.04. The molecule has 2 N–H and O–H groups in total. The number of rotatable bonds is 2. The number of nitrogen functional groups attached to an aromatic ring is 1. The van der Waals surface area contributed by atoms with Crippen molar-refractivity contribution in [2.45, 2.75) is 0 Å². The Morgan fingerprint density at radius 1 is 0.842 bits per heavy atom. The van der Waals surface area contributed by atoms with Crippen LogP contribution in [0.4, 0.5) is 23.2 Å². The summed E-state index contributed by atoms with van der Waals surface area (Å²) < 4.78 is 51.9. The summed E-state index contributed by atoms with van der Waals surface area (Å²) in [4.78, 5) is 11.9. The van der Waals surface area contributed by atoms with E-state index in [2.05, 4.69) is 0 Å². The second kappa shape index (κ2) is 4.72. The number of halogens is 4. The van der Waals surface area contributed by atoms with Crippen LogP contribution in [0, 0.1) is 23.3 Å². The minimum Gasteiger partial charge on any atom is -0.396 e. The van der Waals surface area contributed by atoms with Gasteiger partial charge in [0.2, 0.25) is 0 Å². The van der Waals surface area contributed by atoms with Crippen molar-refractivity contribution in [3.05, 3.63) is 64.7 Å². The van der Waals surface area contributed by atoms with Crippen molar-refractivity contribution >= 4 is 11.5 Å². The summed E-state index contributed by atoms with van der Waals surface area (Å²) in [5.74, 6) is -6.30. The standard InChI is InChI=1S/C13H7F4NO/c14-8-3-6(1-2-11(8)18)13(19)7-4-9(15)12(17)10(16)5-7/h1-5H,18H2. The summed E-state index contributed by atoms with van der Waals surface area (Å²) in [6.07, 6.45) is 0. The monoisotopic (exact) mass is 269 g/mol. The van der Waals surface area contributed by atoms with E-state index in [1.807, 2.05) is 0 Å². The number of nitrogens with two attached hydrogens (primary N) is 1. The van der Waals surface area contributed by atoms with Gasteiger partial charge in [0, 0.05) is 11.1 Å². The Morgan fingerprint density at radius 2 is 1.37 bits per heavy atom. The van der Waals surface area contributed by atoms with Crippen molar-refractivity contribution in [3.63, 3.8) is 0 Å². The molecule has 0 radical (unpaired) electrons. The Labute approximate surface area is 105 Å². The molecule has 0 fully saturated rings. The molecule has 0 aliphatic rings. The molecule has 0 atom stereocenters. The molecule has 0 aliphatic heterocycles. The third-order valence-electron chi connectivity index (χ3n) is 2.51. The highest BCUT2D eigenvalue weighted by Gasteiger charge is 2.17. The number of ketones is 1. The molecule has 0 spiro atoms. The summed E-state index contributed by atoms with van der Waals surface area (Å²) in [6, 6.07) is 4.31. The number of carbonyl (C=O) groups excluding carboxylic acids is 1. The molecule has 2 rings (SSSR count). The molecule has 0 saturated heterocycles. The minimum atomic E-state index is -1.67. The van der Waals surface area contributed by atoms with Crippen molar-refractivity contribution in [2.75, 3.05) is 5.73 Å². The molecule has 2 aromatic carbocycles. The van der Waals surface area contributed by atoms with Crippen LogP contribution in [0.5, 0.6) is 0 Å². The summed E-state index contributed by atoms with van der Waals surface area (Å²) >= 11 is 0. The summed E-state index contributed by atoms with van der Waals surface area (Å²) in [5.41, 5.74) is 4.52. The minimum absolute atomic E-state index is 0.142. The van der Waals surface area contributed by atoms with E-state index in [4.69, 9.17) is 5.73 Å². The predicted octanol–water partition coefficient (Wildman–Crippen LogP) is 3.06. The normalized spacial score (nSPS) is 10.5. The number of hydrogen-bond donors (Lipinski definition) is 1. The van der Waals surface area contributed by atoms with E-state index in [1.54, 1.807) is 0 Å². The first-order valence-electron chi connectivity index (χ1n) is 5.14. The fraction of sp³-hybridized carbons (Fsp3) is 0. The summed E-state index contributed by atoms with van der Waals surface area (Å²) in [7, 11) is 0. The molecule has 0 aliphatic carbocycles. The van der Waals surface area contributed by atoms with Crippen LogP contribution < -0.4 is 5.73 Å². The molecule has 6 heteroatoms. The van der Waals surface area contributed by atoms with Gasteiger partial charge in [-0.05, 0) is 30.3 Å². The van der Waals surface area contributed by atoms with Gasteiger partial charge in [0.05, 0.1) is 5.69 Å². The van der Waals surface area contributed by atoms with E-state index in [1.165, 1.54) is 6.07 Å². The highest BCUT2D eigenvalue weighted by molar-refractivity contribution is 6.09. The van der Waals surface area contributed by atoms with E-state index in [9.17, 15) is 22.4 Å². The Morgan fingerprint density at radius 3 is 1.89 bits per heavy atom. The smallest absolute Gasteiger partial charge is 0.194 e. The first-order valence-corrected chi connectivity index (χ1v) is 5.14. The van der Waals surface area contributed by atoms with Crippen LogP contribution in [0.15, 0.2) is 30.3 Å². The van der Waals surface area contributed by atoms with Crippen LogP contribution in [-0.2, 0) is 0 Å². The van der Waals surface area contributed by atoms with Gasteiger partial charge in [-0.25, -0.2) is 17.6 Å². The number of carbonyl (C=O) groups is 1. The summed E-state index contributed by atoms with van der Waals surface area (Å²) in [5, 5.41) is 0. The lowest BCUT2D eigenvalue weighted by atomic mass is 10.0. The fourth-order valence-corrected chi connectivity index (χ4v) is 1.52. The van der Waals surface area contributed by atoms with Crippen molar-refractivity contribution in [1.29, 1.82) is 0 Å². The van der Waals surface area contributed by atoms with E-state index in [0.717, 1.165) is 12.1 Å². The average Bonchev–Trinajstić information content (AvgIpc) is 2.37. The SMILES string of the molecule is Nc1ccc(C(=O)c2cc(F)c(F)c(F)c2)cc1F. The average molecular weight is 269 g/mol. The van der Waals surface area contributed by atoms with Crippen LogP contribution in [0.1, 0.15) is 15.9 Å². The Balaban J connectivity index is 2.47. The quantitative estimate of drug-likeness (QED) is 0.394. The van der Waals surface area contributed by atoms with Crippen molar-refractivity contribution in [3.8, 4) is 0 Å². The molecular formula is C13H7F4NO. The zero-order chi connectivity index (χ0) is 14.2. The maximum atomic E-state index is 13.2. The molecule has 19 heavy (non-hydrogen) atoms. The van der Waals surface area contributed by atoms with Crippen LogP contribution in [0.3, 0.4) is 0 Å². The van der Waals surface area contributed by atoms with Crippen LogP contribution in [0.25, 0.3) is 0 Å². The van der Waals surface area contributed by atoms with E-state index < -0.39 is 34.6 Å². The molecular weight excluding hydrogens is 262 g/mol. The van der Waals surface area contributed by atoms with Crippen molar-refractivity contribution in [2.24, 2.45) is 0 Å². The number of hydrogen-bond acceptors (Lipinski definition) is 2. The highest BCUT2D eigenvalue weighted by atomic mass is 19.2. The van der Waals surface area contributed by atoms with E-state index >= 15 is 0 Å². The van der Waals surface area contributed by atoms with Crippen LogP contribution >= 0.6 is 0 Å². The van der Waals surface area contributed by atoms with Gasteiger partial charge in [-0.3, -0.25) is 4.79 Å². The molecule has 0 heterocycles. The lowest BCUT2D eigenvalue weighted by Crippen LogP contribution is -2.05. The molecule has 0 unspecified atom stereocenters. The van der Waals surface area contributed by atoms with Crippen molar-refractivity contribution < 1.29 is 22.4 Å². The Kier molecular flexibility index (Phi) is 3.25. The first-order chi connectivity index (χ1) is 8.90. The Bertz CT molecular complexity index is 647. The summed E-state index contributed by atoms with van der Waals surface area (Å²) in [6.45, 7) is 0. The van der Waals surface area contributed by atoms with Crippen molar-refractivity contribution in [1.82, 2.24) is 0 Å². The largest absolute Gasteiger partial charge is 0.396 e. The molecule has 0 amide bonds. The van der Waals surface area contributed by atoms with E-state index in [-0.39, 0.29) is 11.3 Å². The molecule has 0 bridgehead atoms. The second-order valence-corrected chi connectivity index (χ2v) is 3.82. The van der Waals surface area contributed by atoms with Gasteiger partial charge in [0.1, 0.15) is 5.82 Å². The second-order valence-electron chi connectivity index (χ2n) is 3.82. The molecule has 0 aromatic heterocycles. The molecule has 2 nitrogen and oxygen atoms in total. The molecule has 0 saturated carbocycles. The van der Waals surface area contributed by atoms with Gasteiger partial charge < -0.3 is 5.73 Å². The highest BCUT2D eigenvalue weighted by Crippen LogP contribution is 2.19. The number of anilines is 1. The van der Waals surface area contributed by atoms with Gasteiger partial charge in [-0.1, -0.05) is 0 Å². The van der Waals surface area contributed by atoms with Gasteiger partial charge in [0.25, 0.3) is 0 Å². The third kappa shape index (κ3) is 2.42. The predicted molar refractivity (Wildman–Crippen MR) is 60.6 cm³/mol. The number of benzene rings is 2. The van der Waals surface area contributed by atoms with E-state index in [0.29, 0.717) is 12.1 Å². The van der Waals surface area contributed by atoms with Gasteiger partial charge in [0.15, 0.2) is 23.2 Å². The third-order valence-corrected chi connectivity index (χ3v) is 2.51. The van der Waals surface area contributed by atoms with Crippen LogP contribution in [-0.4, -0.2) is 5.78 Å². The first kappa shape index (κ1) is 13.1. The topological polar surface area (TPSA) is 43.1 Å². The lowest BCUT2D eigenvalue weighted by molar-refractivity contribution is 0.103.